The van der Waals surface area contributed by atoms with Crippen LogP contribution in [0.15, 0.2) is 43.1 Å². The summed E-state index contributed by atoms with van der Waals surface area (Å²) in [5, 5.41) is 6.52. The van der Waals surface area contributed by atoms with Crippen molar-refractivity contribution in [3.63, 3.8) is 0 Å². The average molecular weight is 390 g/mol. The van der Waals surface area contributed by atoms with E-state index >= 15 is 0 Å². The van der Waals surface area contributed by atoms with E-state index in [9.17, 15) is 0 Å². The number of nitrogens with one attached hydrogen (secondary N) is 2. The molecule has 1 aliphatic heterocycles. The second-order valence-corrected chi connectivity index (χ2v) is 6.70. The van der Waals surface area contributed by atoms with Crippen molar-refractivity contribution in [2.75, 3.05) is 17.4 Å². The molecule has 4 heterocycles. The smallest absolute Gasteiger partial charge is 0.231 e. The highest BCUT2D eigenvalue weighted by Crippen LogP contribution is 2.36. The number of nitrogens with zero attached hydrogens (tertiary/aromatic N) is 6. The Morgan fingerprint density at radius 1 is 1.03 bits per heavy atom. The molecule has 0 aliphatic carbocycles. The fraction of sp³-hybridized carbons (Fsp3) is 0.211. The Bertz CT molecular complexity index is 1180. The van der Waals surface area contributed by atoms with Crippen molar-refractivity contribution in [2.24, 2.45) is 0 Å². The van der Waals surface area contributed by atoms with E-state index in [0.717, 1.165) is 11.4 Å². The zero-order valence-electron chi connectivity index (χ0n) is 15.8. The normalized spacial score (nSPS) is 12.5. The second kappa shape index (κ2) is 6.89. The third-order valence-corrected chi connectivity index (χ3v) is 4.43. The fourth-order valence-corrected chi connectivity index (χ4v) is 3.17. The van der Waals surface area contributed by atoms with E-state index < -0.39 is 0 Å². The Morgan fingerprint density at radius 2 is 1.93 bits per heavy atom. The van der Waals surface area contributed by atoms with Crippen molar-refractivity contribution < 1.29 is 9.47 Å². The molecular formula is C19H18N8O2. The SMILES string of the molecule is CC(C)n1c(Nc2cnccn2)nc2c(Nc3ccc4c(c3)OCO4)ncnc21. The van der Waals surface area contributed by atoms with Gasteiger partial charge in [0.15, 0.2) is 34.3 Å². The van der Waals surface area contributed by atoms with Gasteiger partial charge in [-0.15, -0.1) is 0 Å². The van der Waals surface area contributed by atoms with Crippen LogP contribution in [-0.4, -0.2) is 36.3 Å². The molecule has 0 radical (unpaired) electrons. The predicted octanol–water partition coefficient (Wildman–Crippen LogP) is 3.41. The first-order valence-electron chi connectivity index (χ1n) is 9.11. The maximum absolute atomic E-state index is 5.45. The largest absolute Gasteiger partial charge is 0.454 e. The summed E-state index contributed by atoms with van der Waals surface area (Å²) in [7, 11) is 0. The molecule has 0 saturated heterocycles. The highest BCUT2D eigenvalue weighted by Gasteiger charge is 2.19. The van der Waals surface area contributed by atoms with E-state index in [4.69, 9.17) is 14.5 Å². The van der Waals surface area contributed by atoms with Crippen LogP contribution in [0.25, 0.3) is 11.2 Å². The van der Waals surface area contributed by atoms with Crippen molar-refractivity contribution >= 4 is 34.4 Å². The Morgan fingerprint density at radius 3 is 2.76 bits per heavy atom. The minimum atomic E-state index is 0.118. The first-order valence-corrected chi connectivity index (χ1v) is 9.11. The second-order valence-electron chi connectivity index (χ2n) is 6.70. The van der Waals surface area contributed by atoms with Crippen LogP contribution < -0.4 is 20.1 Å². The Labute approximate surface area is 166 Å². The van der Waals surface area contributed by atoms with Crippen LogP contribution in [0.1, 0.15) is 19.9 Å². The average Bonchev–Trinajstić information content (AvgIpc) is 3.33. The molecule has 10 nitrogen and oxygen atoms in total. The van der Waals surface area contributed by atoms with Gasteiger partial charge in [0.25, 0.3) is 0 Å². The molecule has 0 bridgehead atoms. The lowest BCUT2D eigenvalue weighted by molar-refractivity contribution is 0.174. The monoisotopic (exact) mass is 390 g/mol. The van der Waals surface area contributed by atoms with Gasteiger partial charge in [0, 0.05) is 30.2 Å². The first-order chi connectivity index (χ1) is 14.2. The molecule has 10 heteroatoms. The van der Waals surface area contributed by atoms with Gasteiger partial charge in [-0.05, 0) is 26.0 Å². The van der Waals surface area contributed by atoms with Gasteiger partial charge in [0.2, 0.25) is 12.7 Å². The Balaban J connectivity index is 1.55. The number of benzene rings is 1. The summed E-state index contributed by atoms with van der Waals surface area (Å²) in [6, 6.07) is 5.75. The lowest BCUT2D eigenvalue weighted by Gasteiger charge is -2.12. The Hall–Kier alpha value is -3.95. The van der Waals surface area contributed by atoms with E-state index in [1.165, 1.54) is 6.33 Å². The molecule has 0 fully saturated rings. The number of anilines is 4. The van der Waals surface area contributed by atoms with E-state index in [1.54, 1.807) is 18.6 Å². The third kappa shape index (κ3) is 3.14. The number of imidazole rings is 1. The molecule has 5 rings (SSSR count). The zero-order chi connectivity index (χ0) is 19.8. The lowest BCUT2D eigenvalue weighted by Crippen LogP contribution is -2.07. The summed E-state index contributed by atoms with van der Waals surface area (Å²) < 4.78 is 12.8. The lowest BCUT2D eigenvalue weighted by atomic mass is 10.2. The third-order valence-electron chi connectivity index (χ3n) is 4.43. The maximum Gasteiger partial charge on any atom is 0.231 e. The van der Waals surface area contributed by atoms with Crippen molar-refractivity contribution in [1.29, 1.82) is 0 Å². The van der Waals surface area contributed by atoms with Gasteiger partial charge in [0.05, 0.1) is 6.20 Å². The quantitative estimate of drug-likeness (QED) is 0.529. The van der Waals surface area contributed by atoms with Crippen LogP contribution >= 0.6 is 0 Å². The van der Waals surface area contributed by atoms with Crippen molar-refractivity contribution in [3.05, 3.63) is 43.1 Å². The molecular weight excluding hydrogens is 372 g/mol. The van der Waals surface area contributed by atoms with Crippen LogP contribution in [0, 0.1) is 0 Å². The van der Waals surface area contributed by atoms with Gasteiger partial charge >= 0.3 is 0 Å². The van der Waals surface area contributed by atoms with E-state index in [1.807, 2.05) is 22.8 Å². The molecule has 1 aliphatic rings. The molecule has 0 amide bonds. The van der Waals surface area contributed by atoms with Crippen LogP contribution in [-0.2, 0) is 0 Å². The summed E-state index contributed by atoms with van der Waals surface area (Å²) >= 11 is 0. The molecule has 4 aromatic rings. The van der Waals surface area contributed by atoms with Crippen LogP contribution in [0.2, 0.25) is 0 Å². The molecule has 3 aromatic heterocycles. The molecule has 1 aromatic carbocycles. The molecule has 0 saturated carbocycles. The van der Waals surface area contributed by atoms with Crippen LogP contribution in [0.3, 0.4) is 0 Å². The van der Waals surface area contributed by atoms with Gasteiger partial charge in [-0.25, -0.2) is 19.9 Å². The fourth-order valence-electron chi connectivity index (χ4n) is 3.17. The summed E-state index contributed by atoms with van der Waals surface area (Å²) in [4.78, 5) is 21.9. The summed E-state index contributed by atoms with van der Waals surface area (Å²) in [6.07, 6.45) is 6.40. The van der Waals surface area contributed by atoms with Crippen LogP contribution in [0.4, 0.5) is 23.3 Å². The number of ether oxygens (including phenoxy) is 2. The highest BCUT2D eigenvalue weighted by molar-refractivity contribution is 5.88. The molecule has 146 valence electrons. The van der Waals surface area contributed by atoms with E-state index in [2.05, 4.69) is 44.4 Å². The molecule has 0 spiro atoms. The van der Waals surface area contributed by atoms with E-state index in [-0.39, 0.29) is 12.8 Å². The van der Waals surface area contributed by atoms with Crippen molar-refractivity contribution in [3.8, 4) is 11.5 Å². The number of rotatable bonds is 5. The summed E-state index contributed by atoms with van der Waals surface area (Å²) in [6.45, 7) is 4.36. The van der Waals surface area contributed by atoms with Gasteiger partial charge in [-0.2, -0.15) is 0 Å². The number of fused-ring (bicyclic) bond motifs is 2. The van der Waals surface area contributed by atoms with Gasteiger partial charge in [-0.3, -0.25) is 9.55 Å². The Kier molecular flexibility index (Phi) is 4.08. The summed E-state index contributed by atoms with van der Waals surface area (Å²) in [5.41, 5.74) is 2.17. The number of aromatic nitrogens is 6. The maximum atomic E-state index is 5.45. The van der Waals surface area contributed by atoms with E-state index in [0.29, 0.717) is 34.5 Å². The zero-order valence-corrected chi connectivity index (χ0v) is 15.8. The highest BCUT2D eigenvalue weighted by atomic mass is 16.7. The van der Waals surface area contributed by atoms with Gasteiger partial charge in [-0.1, -0.05) is 0 Å². The topological polar surface area (TPSA) is 112 Å². The van der Waals surface area contributed by atoms with Crippen LogP contribution in [0.5, 0.6) is 11.5 Å². The molecule has 0 atom stereocenters. The minimum Gasteiger partial charge on any atom is -0.454 e. The standard InChI is InChI=1S/C19H18N8O2/c1-11(2)27-18-16(26-19(27)25-15-8-20-5-6-21-15)17(22-9-23-18)24-12-3-4-13-14(7-12)29-10-28-13/h3-9,11H,10H2,1-2H3,(H,21,25,26)(H,22,23,24). The van der Waals surface area contributed by atoms with Crippen molar-refractivity contribution in [1.82, 2.24) is 29.5 Å². The molecule has 29 heavy (non-hydrogen) atoms. The van der Waals surface area contributed by atoms with Crippen molar-refractivity contribution in [2.45, 2.75) is 19.9 Å². The van der Waals surface area contributed by atoms with Gasteiger partial charge < -0.3 is 20.1 Å². The minimum absolute atomic E-state index is 0.118. The summed E-state index contributed by atoms with van der Waals surface area (Å²) in [5.74, 6) is 3.23. The molecule has 0 unspecified atom stereocenters. The molecule has 2 N–H and O–H groups in total. The number of hydrogen-bond donors (Lipinski definition) is 2. The first kappa shape index (κ1) is 17.2. The van der Waals surface area contributed by atoms with Gasteiger partial charge in [0.1, 0.15) is 6.33 Å². The number of hydrogen-bond acceptors (Lipinski definition) is 9. The predicted molar refractivity (Wildman–Crippen MR) is 107 cm³/mol.